The molecule has 0 unspecified atom stereocenters. The predicted octanol–water partition coefficient (Wildman–Crippen LogP) is 3.72. The Bertz CT molecular complexity index is 1280. The minimum absolute atomic E-state index is 0.159. The quantitative estimate of drug-likeness (QED) is 0.679. The molecule has 2 N–H and O–H groups in total. The van der Waals surface area contributed by atoms with Crippen LogP contribution in [-0.4, -0.2) is 22.5 Å². The van der Waals surface area contributed by atoms with Gasteiger partial charge in [0.1, 0.15) is 23.5 Å². The zero-order valence-corrected chi connectivity index (χ0v) is 17.0. The van der Waals surface area contributed by atoms with Crippen LogP contribution in [0.3, 0.4) is 0 Å². The summed E-state index contributed by atoms with van der Waals surface area (Å²) < 4.78 is 12.6. The van der Waals surface area contributed by atoms with E-state index in [-0.39, 0.29) is 12.7 Å². The Morgan fingerprint density at radius 2 is 2.03 bits per heavy atom. The number of nitrogens with zero attached hydrogens (tertiary/aromatic N) is 3. The maximum atomic E-state index is 13.5. The second-order valence-electron chi connectivity index (χ2n) is 7.41. The van der Waals surface area contributed by atoms with Gasteiger partial charge in [0.2, 0.25) is 6.79 Å². The van der Waals surface area contributed by atoms with Crippen LogP contribution in [0.15, 0.2) is 59.9 Å². The summed E-state index contributed by atoms with van der Waals surface area (Å²) >= 11 is 0. The Labute approximate surface area is 178 Å². The van der Waals surface area contributed by atoms with Crippen molar-refractivity contribution in [2.45, 2.75) is 19.9 Å². The monoisotopic (exact) mass is 413 g/mol. The zero-order chi connectivity index (χ0) is 21.5. The average molecular weight is 413 g/mol. The number of hydrogen-bond acceptors (Lipinski definition) is 6. The highest BCUT2D eigenvalue weighted by molar-refractivity contribution is 6.06. The van der Waals surface area contributed by atoms with E-state index in [0.29, 0.717) is 34.2 Å². The molecule has 0 saturated heterocycles. The molecule has 8 heteroatoms. The van der Waals surface area contributed by atoms with E-state index in [1.165, 1.54) is 6.20 Å². The second kappa shape index (κ2) is 7.22. The molecular formula is C23H19N5O3. The molecule has 0 saturated carbocycles. The molecule has 2 aliphatic rings. The number of fused-ring (bicyclic) bond motifs is 2. The molecule has 2 aromatic carbocycles. The third kappa shape index (κ3) is 3.07. The van der Waals surface area contributed by atoms with Crippen LogP contribution in [0.5, 0.6) is 11.5 Å². The molecule has 2 aliphatic heterocycles. The summed E-state index contributed by atoms with van der Waals surface area (Å²) in [5.41, 5.74) is 4.06. The number of allylic oxidation sites excluding steroid dienone is 1. The lowest BCUT2D eigenvalue weighted by Crippen LogP contribution is -2.31. The lowest BCUT2D eigenvalue weighted by Gasteiger charge is -2.30. The normalized spacial score (nSPS) is 16.4. The van der Waals surface area contributed by atoms with E-state index in [0.717, 1.165) is 16.8 Å². The fourth-order valence-electron chi connectivity index (χ4n) is 3.93. The van der Waals surface area contributed by atoms with Crippen molar-refractivity contribution in [1.29, 1.82) is 5.26 Å². The number of carbonyl (C=O) groups excluding carboxylic acids is 1. The maximum Gasteiger partial charge on any atom is 0.255 e. The molecule has 0 bridgehead atoms. The van der Waals surface area contributed by atoms with Gasteiger partial charge in [0, 0.05) is 11.4 Å². The maximum absolute atomic E-state index is 13.5. The molecule has 1 atom stereocenters. The summed E-state index contributed by atoms with van der Waals surface area (Å²) in [4.78, 5) is 13.5. The van der Waals surface area contributed by atoms with Gasteiger partial charge in [0.15, 0.2) is 11.5 Å². The predicted molar refractivity (Wildman–Crippen MR) is 114 cm³/mol. The van der Waals surface area contributed by atoms with Gasteiger partial charge in [-0.15, -0.1) is 0 Å². The number of nitriles is 1. The van der Waals surface area contributed by atoms with Crippen LogP contribution in [0.4, 0.5) is 11.5 Å². The molecule has 0 fully saturated rings. The van der Waals surface area contributed by atoms with E-state index in [9.17, 15) is 10.1 Å². The van der Waals surface area contributed by atoms with Gasteiger partial charge in [-0.3, -0.25) is 4.79 Å². The highest BCUT2D eigenvalue weighted by atomic mass is 16.7. The van der Waals surface area contributed by atoms with Crippen molar-refractivity contribution in [2.24, 2.45) is 0 Å². The molecule has 1 amide bonds. The summed E-state index contributed by atoms with van der Waals surface area (Å²) in [6.07, 6.45) is 1.50. The lowest BCUT2D eigenvalue weighted by molar-refractivity contribution is -0.113. The molecule has 0 spiro atoms. The molecular weight excluding hydrogens is 394 g/mol. The minimum atomic E-state index is -0.545. The zero-order valence-electron chi connectivity index (χ0n) is 17.0. The number of rotatable bonds is 3. The first-order chi connectivity index (χ1) is 15.1. The molecule has 1 aromatic heterocycles. The van der Waals surface area contributed by atoms with Crippen molar-refractivity contribution in [1.82, 2.24) is 9.78 Å². The number of aryl methyl sites for hydroxylation is 1. The Morgan fingerprint density at radius 3 is 2.84 bits per heavy atom. The molecule has 31 heavy (non-hydrogen) atoms. The van der Waals surface area contributed by atoms with Gasteiger partial charge >= 0.3 is 0 Å². The highest BCUT2D eigenvalue weighted by Gasteiger charge is 2.35. The molecule has 3 heterocycles. The number of carbonyl (C=O) groups is 1. The van der Waals surface area contributed by atoms with Crippen molar-refractivity contribution >= 4 is 17.4 Å². The second-order valence-corrected chi connectivity index (χ2v) is 7.41. The van der Waals surface area contributed by atoms with Crippen LogP contribution < -0.4 is 20.1 Å². The molecule has 3 aromatic rings. The highest BCUT2D eigenvalue weighted by Crippen LogP contribution is 2.41. The summed E-state index contributed by atoms with van der Waals surface area (Å²) in [5.74, 6) is 1.57. The molecule has 8 nitrogen and oxygen atoms in total. The number of ether oxygens (including phenoxy) is 2. The average Bonchev–Trinajstić information content (AvgIpc) is 3.40. The van der Waals surface area contributed by atoms with Crippen LogP contribution >= 0.6 is 0 Å². The topological polar surface area (TPSA) is 101 Å². The van der Waals surface area contributed by atoms with Gasteiger partial charge in [0.05, 0.1) is 11.8 Å². The van der Waals surface area contributed by atoms with E-state index >= 15 is 0 Å². The van der Waals surface area contributed by atoms with Crippen molar-refractivity contribution in [3.8, 4) is 17.6 Å². The number of nitrogens with one attached hydrogen (secondary N) is 2. The first-order valence-electron chi connectivity index (χ1n) is 9.78. The van der Waals surface area contributed by atoms with Gasteiger partial charge in [-0.1, -0.05) is 24.3 Å². The van der Waals surface area contributed by atoms with E-state index in [2.05, 4.69) is 21.8 Å². The van der Waals surface area contributed by atoms with Crippen molar-refractivity contribution < 1.29 is 14.3 Å². The first-order valence-corrected chi connectivity index (χ1v) is 9.78. The SMILES string of the molecule is CC1=C(C(=O)Nc2ccccc2C)[C@H](c2ccc3c(c2)OCO3)n2ncc(C#N)c2N1. The number of hydrogen-bond donors (Lipinski definition) is 2. The van der Waals surface area contributed by atoms with Crippen LogP contribution in [0.1, 0.15) is 29.7 Å². The number of para-hydroxylation sites is 1. The molecule has 0 radical (unpaired) electrons. The first kappa shape index (κ1) is 18.8. The van der Waals surface area contributed by atoms with E-state index < -0.39 is 6.04 Å². The lowest BCUT2D eigenvalue weighted by atomic mass is 9.94. The number of anilines is 2. The van der Waals surface area contributed by atoms with E-state index in [1.807, 2.05) is 56.3 Å². The van der Waals surface area contributed by atoms with Crippen LogP contribution in [0.2, 0.25) is 0 Å². The smallest absolute Gasteiger partial charge is 0.255 e. The summed E-state index contributed by atoms with van der Waals surface area (Å²) in [7, 11) is 0. The van der Waals surface area contributed by atoms with Gasteiger partial charge < -0.3 is 20.1 Å². The molecule has 154 valence electrons. The molecule has 0 aliphatic carbocycles. The van der Waals surface area contributed by atoms with Gasteiger partial charge in [-0.05, 0) is 43.2 Å². The van der Waals surface area contributed by atoms with Crippen molar-refractivity contribution in [3.63, 3.8) is 0 Å². The molecule has 5 rings (SSSR count). The van der Waals surface area contributed by atoms with Crippen molar-refractivity contribution in [3.05, 3.63) is 76.6 Å². The van der Waals surface area contributed by atoms with Gasteiger partial charge in [-0.2, -0.15) is 10.4 Å². The van der Waals surface area contributed by atoms with E-state index in [1.54, 1.807) is 4.68 Å². The minimum Gasteiger partial charge on any atom is -0.454 e. The van der Waals surface area contributed by atoms with Crippen molar-refractivity contribution in [2.75, 3.05) is 17.4 Å². The Morgan fingerprint density at radius 1 is 1.23 bits per heavy atom. The Hall–Kier alpha value is -4.25. The summed E-state index contributed by atoms with van der Waals surface area (Å²) in [5, 5.41) is 20.1. The third-order valence-corrected chi connectivity index (χ3v) is 5.49. The number of benzene rings is 2. The van der Waals surface area contributed by atoms with Crippen LogP contribution in [0.25, 0.3) is 0 Å². The van der Waals surface area contributed by atoms with Crippen LogP contribution in [0, 0.1) is 18.3 Å². The summed E-state index contributed by atoms with van der Waals surface area (Å²) in [6.45, 7) is 3.92. The summed E-state index contributed by atoms with van der Waals surface area (Å²) in [6, 6.07) is 14.8. The number of aromatic nitrogens is 2. The standard InChI is InChI=1S/C23H19N5O3/c1-13-5-3-4-6-17(13)27-23(29)20-14(2)26-22-16(10-24)11-25-28(22)21(20)15-7-8-18-19(9-15)31-12-30-18/h3-9,11,21,26H,12H2,1-2H3,(H,27,29)/t21-/m0/s1. The Kier molecular flexibility index (Phi) is 4.37. The third-order valence-electron chi connectivity index (χ3n) is 5.49. The fourth-order valence-corrected chi connectivity index (χ4v) is 3.93. The van der Waals surface area contributed by atoms with E-state index in [4.69, 9.17) is 9.47 Å². The Balaban J connectivity index is 1.62. The fraction of sp³-hybridized carbons (Fsp3) is 0.174. The van der Waals surface area contributed by atoms with Crippen LogP contribution in [-0.2, 0) is 4.79 Å². The van der Waals surface area contributed by atoms with Gasteiger partial charge in [-0.25, -0.2) is 4.68 Å². The number of amides is 1. The van der Waals surface area contributed by atoms with Gasteiger partial charge in [0.25, 0.3) is 5.91 Å². The largest absolute Gasteiger partial charge is 0.454 e.